The first-order chi connectivity index (χ1) is 68.0. The summed E-state index contributed by atoms with van der Waals surface area (Å²) in [4.78, 5) is 5.10. The summed E-state index contributed by atoms with van der Waals surface area (Å²) in [5.74, 6) is 0. The predicted molar refractivity (Wildman–Crippen MR) is 607 cm³/mol. The van der Waals surface area contributed by atoms with Crippen LogP contribution in [0.3, 0.4) is 0 Å². The number of hydrogen-bond acceptors (Lipinski definition) is 2. The van der Waals surface area contributed by atoms with Crippen molar-refractivity contribution in [3.63, 3.8) is 0 Å². The molecule has 712 valence electrons. The molecule has 0 saturated heterocycles. The fourth-order valence-corrected chi connectivity index (χ4v) is 25.6. The zero-order chi connectivity index (χ0) is 96.7. The van der Waals surface area contributed by atoms with E-state index in [1.807, 2.05) is 0 Å². The van der Waals surface area contributed by atoms with Crippen LogP contribution in [0.25, 0.3) is 121 Å². The van der Waals surface area contributed by atoms with Crippen molar-refractivity contribution in [1.82, 2.24) is 0 Å². The second-order valence-corrected chi connectivity index (χ2v) is 45.5. The van der Waals surface area contributed by atoms with Crippen molar-refractivity contribution in [3.05, 3.63) is 371 Å². The second kappa shape index (κ2) is 40.1. The lowest BCUT2D eigenvalue weighted by Gasteiger charge is -2.33. The summed E-state index contributed by atoms with van der Waals surface area (Å²) < 4.78 is 0. The highest BCUT2D eigenvalue weighted by Gasteiger charge is 2.46. The van der Waals surface area contributed by atoms with Crippen molar-refractivity contribution >= 4 is 66.4 Å². The standard InChI is InChI=1S/C138H150N2/c1-15-19-23-27-31-43-81-137(82-44-32-28-24-20-16-2)123-59-41-39-55-111(123)117-79-65-101(91-129(117)137)99-63-77-115-113-75-61-97(87-125(113)135(11,12)127(115)89-99)95-49-47-51-107(85-95)140(132-94-122-109-53-35-37-57-119(109)131(93-121(122)110-54-36-38-58-120(110)132)139(105-71-67-103(68-72-105)133(5,6)7)106-73-69-104(70-74-106)134(8,9)10)108-52-48-50-96(86-108)98-62-76-114-116-78-64-100(90-128(116)136(13,14)126(114)88-98)102-66-80-118-112-56-40-42-60-124(112)138(130(118)92-102,83-45-33-29-25-21-17-3)84-46-34-30-26-22-18-4/h35-42,47-80,85-94H,15-34,43-46,81-84H2,1-14H3. The third-order valence-electron chi connectivity index (χ3n) is 33.6. The van der Waals surface area contributed by atoms with Crippen molar-refractivity contribution in [3.8, 4) is 89.0 Å². The molecule has 16 aromatic rings. The topological polar surface area (TPSA) is 6.48 Å². The van der Waals surface area contributed by atoms with Gasteiger partial charge in [0.05, 0.1) is 11.4 Å². The van der Waals surface area contributed by atoms with Crippen LogP contribution in [0, 0.1) is 0 Å². The van der Waals surface area contributed by atoms with E-state index < -0.39 is 0 Å². The molecule has 0 amide bonds. The van der Waals surface area contributed by atoms with Crippen molar-refractivity contribution in [2.75, 3.05) is 9.80 Å². The number of unbranched alkanes of at least 4 members (excludes halogenated alkanes) is 20. The fourth-order valence-electron chi connectivity index (χ4n) is 25.6. The molecule has 0 aliphatic heterocycles. The van der Waals surface area contributed by atoms with E-state index in [1.54, 1.807) is 22.3 Å². The molecule has 0 N–H and O–H groups in total. The lowest BCUT2D eigenvalue weighted by molar-refractivity contribution is 0.398. The molecule has 0 unspecified atom stereocenters. The molecule has 2 heteroatoms. The molecular formula is C138H150N2. The van der Waals surface area contributed by atoms with Crippen molar-refractivity contribution in [2.24, 2.45) is 0 Å². The largest absolute Gasteiger partial charge is 0.310 e. The Bertz CT molecular complexity index is 6830. The Morgan fingerprint density at radius 1 is 0.193 bits per heavy atom. The first-order valence-corrected chi connectivity index (χ1v) is 54.5. The van der Waals surface area contributed by atoms with Crippen LogP contribution >= 0.6 is 0 Å². The van der Waals surface area contributed by atoms with Crippen LogP contribution in [-0.2, 0) is 32.5 Å². The van der Waals surface area contributed by atoms with Gasteiger partial charge in [0.1, 0.15) is 0 Å². The summed E-state index contributed by atoms with van der Waals surface area (Å²) in [6.45, 7) is 33.1. The molecule has 16 aromatic carbocycles. The fraction of sp³-hybridized carbons (Fsp3) is 0.348. The van der Waals surface area contributed by atoms with Gasteiger partial charge in [0, 0.05) is 55.2 Å². The summed E-state index contributed by atoms with van der Waals surface area (Å²) >= 11 is 0. The van der Waals surface area contributed by atoms with Gasteiger partial charge in [0.2, 0.25) is 0 Å². The average Bonchev–Trinajstić information content (AvgIpc) is 1.44. The SMILES string of the molecule is CCCCCCCCC1(CCCCCCCC)c2ccccc2-c2ccc(-c3ccc4c(c3)C(C)(C)c3cc(-c5cccc(N(c6cccc(-c7ccc8c(c7)C(C)(C)c7cc(-c9ccc%10c(c9)C(CCCCCCCC)(CCCCCCCC)c9ccccc9-%10)ccc7-8)c6)c6cc7c8ccccc8c(N(c8ccc(C(C)(C)C)cc8)c8ccc(C(C)(C)C)cc8)cc7c7ccccc67)c5)ccc3-4)cc21. The third kappa shape index (κ3) is 18.0. The molecule has 4 aliphatic rings. The minimum Gasteiger partial charge on any atom is -0.310 e. The number of nitrogens with zero attached hydrogens (tertiary/aromatic N) is 2. The van der Waals surface area contributed by atoms with Crippen LogP contribution in [0.1, 0.15) is 332 Å². The zero-order valence-electron chi connectivity index (χ0n) is 86.7. The highest BCUT2D eigenvalue weighted by molar-refractivity contribution is 6.25. The zero-order valence-corrected chi connectivity index (χ0v) is 86.7. The van der Waals surface area contributed by atoms with E-state index in [9.17, 15) is 0 Å². The second-order valence-electron chi connectivity index (χ2n) is 45.5. The Kier molecular flexibility index (Phi) is 27.4. The van der Waals surface area contributed by atoms with Gasteiger partial charge in [0.15, 0.2) is 0 Å². The van der Waals surface area contributed by atoms with Gasteiger partial charge in [0.25, 0.3) is 0 Å². The normalized spacial score (nSPS) is 14.2. The monoisotopic (exact) mass is 1840 g/mol. The Labute approximate surface area is 839 Å². The minimum absolute atomic E-state index is 0.00214. The Balaban J connectivity index is 0.679. The highest BCUT2D eigenvalue weighted by Crippen LogP contribution is 2.61. The number of benzene rings is 16. The molecule has 0 fully saturated rings. The molecule has 0 bridgehead atoms. The molecule has 0 spiro atoms. The summed E-state index contributed by atoms with van der Waals surface area (Å²) in [7, 11) is 0. The van der Waals surface area contributed by atoms with Crippen LogP contribution in [0.15, 0.2) is 315 Å². The number of rotatable bonds is 38. The van der Waals surface area contributed by atoms with E-state index in [0.717, 1.165) is 34.1 Å². The van der Waals surface area contributed by atoms with Gasteiger partial charge in [-0.15, -0.1) is 0 Å². The summed E-state index contributed by atoms with van der Waals surface area (Å²) in [6, 6.07) is 125. The van der Waals surface area contributed by atoms with Gasteiger partial charge in [-0.25, -0.2) is 0 Å². The predicted octanol–water partition coefficient (Wildman–Crippen LogP) is 41.5. The number of hydrogen-bond donors (Lipinski definition) is 0. The maximum Gasteiger partial charge on any atom is 0.0546 e. The van der Waals surface area contributed by atoms with Gasteiger partial charge in [-0.05, 0) is 300 Å². The van der Waals surface area contributed by atoms with E-state index >= 15 is 0 Å². The molecule has 4 aliphatic carbocycles. The van der Waals surface area contributed by atoms with Gasteiger partial charge < -0.3 is 9.80 Å². The molecule has 20 rings (SSSR count). The van der Waals surface area contributed by atoms with Gasteiger partial charge in [-0.2, -0.15) is 0 Å². The number of anilines is 6. The van der Waals surface area contributed by atoms with Gasteiger partial charge in [-0.3, -0.25) is 0 Å². The van der Waals surface area contributed by atoms with Crippen LogP contribution in [0.4, 0.5) is 34.1 Å². The van der Waals surface area contributed by atoms with E-state index in [1.165, 1.54) is 334 Å². The van der Waals surface area contributed by atoms with E-state index in [4.69, 9.17) is 0 Å². The van der Waals surface area contributed by atoms with Crippen LogP contribution in [-0.4, -0.2) is 0 Å². The first-order valence-electron chi connectivity index (χ1n) is 54.5. The quantitative estimate of drug-likeness (QED) is 0.0281. The lowest BCUT2D eigenvalue weighted by Crippen LogP contribution is -2.25. The van der Waals surface area contributed by atoms with Crippen molar-refractivity contribution < 1.29 is 0 Å². The number of fused-ring (bicyclic) bond motifs is 17. The molecule has 0 radical (unpaired) electrons. The maximum absolute atomic E-state index is 2.66. The highest BCUT2D eigenvalue weighted by atomic mass is 15.2. The summed E-state index contributed by atoms with van der Waals surface area (Å²) in [5, 5.41) is 7.19. The molecular weight excluding hydrogens is 1690 g/mol. The van der Waals surface area contributed by atoms with Crippen molar-refractivity contribution in [2.45, 2.75) is 309 Å². The lowest BCUT2D eigenvalue weighted by atomic mass is 9.70. The van der Waals surface area contributed by atoms with E-state index in [2.05, 4.69) is 422 Å². The first kappa shape index (κ1) is 95.4. The summed E-state index contributed by atoms with van der Waals surface area (Å²) in [6.07, 6.45) is 36.4. The smallest absolute Gasteiger partial charge is 0.0546 e. The van der Waals surface area contributed by atoms with Crippen LogP contribution in [0.2, 0.25) is 0 Å². The van der Waals surface area contributed by atoms with Gasteiger partial charge in [-0.1, -0.05) is 469 Å². The average molecular weight is 1840 g/mol. The summed E-state index contributed by atoms with van der Waals surface area (Å²) in [5.41, 5.74) is 41.9. The Hall–Kier alpha value is -12.1. The van der Waals surface area contributed by atoms with E-state index in [0.29, 0.717) is 0 Å². The maximum atomic E-state index is 2.66. The van der Waals surface area contributed by atoms with Crippen molar-refractivity contribution in [1.29, 1.82) is 0 Å². The Morgan fingerprint density at radius 3 is 0.750 bits per heavy atom. The molecule has 2 nitrogen and oxygen atoms in total. The Morgan fingerprint density at radius 2 is 0.443 bits per heavy atom. The molecule has 0 saturated carbocycles. The minimum atomic E-state index is -0.271. The molecule has 140 heavy (non-hydrogen) atoms. The van der Waals surface area contributed by atoms with Gasteiger partial charge >= 0.3 is 0 Å². The van der Waals surface area contributed by atoms with E-state index in [-0.39, 0.29) is 32.5 Å². The van der Waals surface area contributed by atoms with Crippen LogP contribution in [0.5, 0.6) is 0 Å². The third-order valence-corrected chi connectivity index (χ3v) is 33.6. The van der Waals surface area contributed by atoms with Crippen LogP contribution < -0.4 is 9.80 Å². The molecule has 0 aromatic heterocycles. The molecule has 0 heterocycles. The molecule has 0 atom stereocenters.